The molecule has 0 aliphatic carbocycles. The molecule has 3 aromatic rings. The average Bonchev–Trinajstić information content (AvgIpc) is 2.61. The summed E-state index contributed by atoms with van der Waals surface area (Å²) in [6, 6.07) is 19.5. The molecule has 0 bridgehead atoms. The van der Waals surface area contributed by atoms with Crippen molar-refractivity contribution in [2.75, 3.05) is 0 Å². The number of carbonyl (C=O) groups excluding carboxylic acids is 1. The molecule has 1 amide bonds. The Morgan fingerprint density at radius 1 is 1.00 bits per heavy atom. The standard InChI is InChI=1S/C19H16N2O3/c1-13(16-7-6-14-4-2-3-5-17(14)12-16)20-19(22)15-8-10-18(11-9-15)21(23)24/h2-13H,1H3,(H,20,22)/t13-/m0/s1. The molecule has 0 heterocycles. The highest BCUT2D eigenvalue weighted by atomic mass is 16.6. The minimum absolute atomic E-state index is 0.0332. The Hall–Kier alpha value is -3.21. The van der Waals surface area contributed by atoms with Crippen LogP contribution in [0, 0.1) is 10.1 Å². The zero-order valence-electron chi connectivity index (χ0n) is 13.1. The molecule has 0 unspecified atom stereocenters. The van der Waals surface area contributed by atoms with E-state index in [1.54, 1.807) is 0 Å². The molecule has 0 aliphatic heterocycles. The number of benzene rings is 3. The summed E-state index contributed by atoms with van der Waals surface area (Å²) in [6.07, 6.45) is 0. The number of hydrogen-bond acceptors (Lipinski definition) is 3. The molecule has 0 radical (unpaired) electrons. The van der Waals surface area contributed by atoms with E-state index in [-0.39, 0.29) is 17.6 Å². The van der Waals surface area contributed by atoms with Crippen molar-refractivity contribution in [3.8, 4) is 0 Å². The maximum absolute atomic E-state index is 12.3. The van der Waals surface area contributed by atoms with E-state index in [1.807, 2.05) is 43.3 Å². The Bertz CT molecular complexity index is 904. The fraction of sp³-hybridized carbons (Fsp3) is 0.105. The first-order valence-corrected chi connectivity index (χ1v) is 7.58. The molecule has 1 N–H and O–H groups in total. The third-order valence-corrected chi connectivity index (χ3v) is 3.96. The van der Waals surface area contributed by atoms with E-state index in [2.05, 4.69) is 11.4 Å². The summed E-state index contributed by atoms with van der Waals surface area (Å²) in [6.45, 7) is 1.91. The second-order valence-electron chi connectivity index (χ2n) is 5.61. The van der Waals surface area contributed by atoms with Crippen LogP contribution in [-0.2, 0) is 0 Å². The van der Waals surface area contributed by atoms with Crippen molar-refractivity contribution in [3.63, 3.8) is 0 Å². The van der Waals surface area contributed by atoms with Crippen molar-refractivity contribution in [3.05, 3.63) is 88.0 Å². The number of rotatable bonds is 4. The van der Waals surface area contributed by atoms with Crippen LogP contribution in [0.1, 0.15) is 28.9 Å². The number of nitrogens with zero attached hydrogens (tertiary/aromatic N) is 1. The van der Waals surface area contributed by atoms with E-state index in [4.69, 9.17) is 0 Å². The molecule has 0 aromatic heterocycles. The highest BCUT2D eigenvalue weighted by Crippen LogP contribution is 2.21. The number of non-ortho nitro benzene ring substituents is 1. The first-order valence-electron chi connectivity index (χ1n) is 7.58. The van der Waals surface area contributed by atoms with Gasteiger partial charge in [0, 0.05) is 17.7 Å². The molecule has 3 aromatic carbocycles. The number of fused-ring (bicyclic) bond motifs is 1. The molecule has 24 heavy (non-hydrogen) atoms. The summed E-state index contributed by atoms with van der Waals surface area (Å²) in [7, 11) is 0. The Balaban J connectivity index is 1.76. The lowest BCUT2D eigenvalue weighted by Crippen LogP contribution is -2.26. The van der Waals surface area contributed by atoms with Crippen molar-refractivity contribution in [1.29, 1.82) is 0 Å². The molecule has 5 heteroatoms. The normalized spacial score (nSPS) is 11.9. The maximum Gasteiger partial charge on any atom is 0.269 e. The quantitative estimate of drug-likeness (QED) is 0.577. The second-order valence-corrected chi connectivity index (χ2v) is 5.61. The maximum atomic E-state index is 12.3. The van der Waals surface area contributed by atoms with E-state index < -0.39 is 4.92 Å². The largest absolute Gasteiger partial charge is 0.346 e. The predicted molar refractivity (Wildman–Crippen MR) is 92.9 cm³/mol. The molecular formula is C19H16N2O3. The van der Waals surface area contributed by atoms with E-state index in [0.29, 0.717) is 5.56 Å². The van der Waals surface area contributed by atoms with Crippen LogP contribution in [0.5, 0.6) is 0 Å². The SMILES string of the molecule is C[C@H](NC(=O)c1ccc([N+](=O)[O-])cc1)c1ccc2ccccc2c1. The van der Waals surface area contributed by atoms with Crippen LogP contribution in [0.15, 0.2) is 66.7 Å². The van der Waals surface area contributed by atoms with Crippen LogP contribution in [0.25, 0.3) is 10.8 Å². The summed E-state index contributed by atoms with van der Waals surface area (Å²) in [5.41, 5.74) is 1.37. The highest BCUT2D eigenvalue weighted by molar-refractivity contribution is 5.94. The molecule has 0 aliphatic rings. The zero-order valence-corrected chi connectivity index (χ0v) is 13.1. The van der Waals surface area contributed by atoms with Crippen molar-refractivity contribution in [2.24, 2.45) is 0 Å². The van der Waals surface area contributed by atoms with Gasteiger partial charge in [-0.3, -0.25) is 14.9 Å². The number of amides is 1. The van der Waals surface area contributed by atoms with Gasteiger partial charge >= 0.3 is 0 Å². The molecule has 0 saturated carbocycles. The van der Waals surface area contributed by atoms with Gasteiger partial charge < -0.3 is 5.32 Å². The smallest absolute Gasteiger partial charge is 0.269 e. The van der Waals surface area contributed by atoms with E-state index in [1.165, 1.54) is 24.3 Å². The molecule has 1 atom stereocenters. The molecule has 0 saturated heterocycles. The van der Waals surface area contributed by atoms with E-state index in [9.17, 15) is 14.9 Å². The van der Waals surface area contributed by atoms with E-state index in [0.717, 1.165) is 16.3 Å². The van der Waals surface area contributed by atoms with Gasteiger partial charge in [-0.1, -0.05) is 36.4 Å². The number of nitro groups is 1. The Kier molecular flexibility index (Phi) is 4.24. The van der Waals surface area contributed by atoms with Crippen LogP contribution in [0.3, 0.4) is 0 Å². The van der Waals surface area contributed by atoms with Gasteiger partial charge in [0.2, 0.25) is 0 Å². The first kappa shape index (κ1) is 15.7. The number of nitrogens with one attached hydrogen (secondary N) is 1. The van der Waals surface area contributed by atoms with Crippen molar-refractivity contribution < 1.29 is 9.72 Å². The number of carbonyl (C=O) groups is 1. The zero-order chi connectivity index (χ0) is 17.1. The van der Waals surface area contributed by atoms with Gasteiger partial charge in [0.05, 0.1) is 11.0 Å². The molecule has 0 fully saturated rings. The fourth-order valence-corrected chi connectivity index (χ4v) is 2.57. The Morgan fingerprint density at radius 3 is 2.33 bits per heavy atom. The van der Waals surface area contributed by atoms with E-state index >= 15 is 0 Å². The second kappa shape index (κ2) is 6.50. The van der Waals surface area contributed by atoms with Crippen LogP contribution in [0.2, 0.25) is 0 Å². The van der Waals surface area contributed by atoms with Gasteiger partial charge in [-0.2, -0.15) is 0 Å². The summed E-state index contributed by atoms with van der Waals surface area (Å²) in [5, 5.41) is 15.8. The molecule has 3 rings (SSSR count). The number of nitro benzene ring substituents is 1. The van der Waals surface area contributed by atoms with Crippen molar-refractivity contribution >= 4 is 22.4 Å². The monoisotopic (exact) mass is 320 g/mol. The minimum atomic E-state index is -0.487. The van der Waals surface area contributed by atoms with Gasteiger partial charge in [0.25, 0.3) is 11.6 Å². The van der Waals surface area contributed by atoms with Crippen molar-refractivity contribution in [1.82, 2.24) is 5.32 Å². The third-order valence-electron chi connectivity index (χ3n) is 3.96. The van der Waals surface area contributed by atoms with Gasteiger partial charge in [0.15, 0.2) is 0 Å². The Morgan fingerprint density at radius 2 is 1.67 bits per heavy atom. The van der Waals surface area contributed by atoms with Crippen LogP contribution in [0.4, 0.5) is 5.69 Å². The first-order chi connectivity index (χ1) is 11.5. The van der Waals surface area contributed by atoms with Crippen LogP contribution < -0.4 is 5.32 Å². The van der Waals surface area contributed by atoms with Crippen LogP contribution >= 0.6 is 0 Å². The van der Waals surface area contributed by atoms with Crippen LogP contribution in [-0.4, -0.2) is 10.8 Å². The highest BCUT2D eigenvalue weighted by Gasteiger charge is 2.13. The molecule has 0 spiro atoms. The summed E-state index contributed by atoms with van der Waals surface area (Å²) < 4.78 is 0. The Labute approximate surface area is 139 Å². The van der Waals surface area contributed by atoms with Gasteiger partial charge in [-0.25, -0.2) is 0 Å². The fourth-order valence-electron chi connectivity index (χ4n) is 2.57. The number of hydrogen-bond donors (Lipinski definition) is 1. The van der Waals surface area contributed by atoms with Gasteiger partial charge in [-0.15, -0.1) is 0 Å². The summed E-state index contributed by atoms with van der Waals surface area (Å²) in [5.74, 6) is -0.259. The summed E-state index contributed by atoms with van der Waals surface area (Å²) in [4.78, 5) is 22.5. The molecule has 5 nitrogen and oxygen atoms in total. The average molecular weight is 320 g/mol. The minimum Gasteiger partial charge on any atom is -0.346 e. The summed E-state index contributed by atoms with van der Waals surface area (Å²) >= 11 is 0. The predicted octanol–water partition coefficient (Wildman–Crippen LogP) is 4.24. The topological polar surface area (TPSA) is 72.2 Å². The third kappa shape index (κ3) is 3.25. The van der Waals surface area contributed by atoms with Crippen molar-refractivity contribution in [2.45, 2.75) is 13.0 Å². The molecular weight excluding hydrogens is 304 g/mol. The molecule has 120 valence electrons. The lowest BCUT2D eigenvalue weighted by Gasteiger charge is -2.15. The van der Waals surface area contributed by atoms with Gasteiger partial charge in [-0.05, 0) is 41.5 Å². The lowest BCUT2D eigenvalue weighted by atomic mass is 10.0. The lowest BCUT2D eigenvalue weighted by molar-refractivity contribution is -0.384. The van der Waals surface area contributed by atoms with Gasteiger partial charge in [0.1, 0.15) is 0 Å².